The van der Waals surface area contributed by atoms with Crippen LogP contribution in [-0.2, 0) is 6.54 Å². The second kappa shape index (κ2) is 6.44. The molecule has 0 saturated carbocycles. The Balaban J connectivity index is 1.48. The van der Waals surface area contributed by atoms with E-state index in [1.807, 2.05) is 24.9 Å². The first-order valence-electron chi connectivity index (χ1n) is 8.97. The van der Waals surface area contributed by atoms with E-state index < -0.39 is 0 Å². The highest BCUT2D eigenvalue weighted by atomic mass is 16.2. The van der Waals surface area contributed by atoms with Crippen LogP contribution in [0, 0.1) is 6.92 Å². The zero-order valence-corrected chi connectivity index (χ0v) is 15.0. The quantitative estimate of drug-likeness (QED) is 0.773. The molecule has 0 unspecified atom stereocenters. The van der Waals surface area contributed by atoms with Gasteiger partial charge in [0.15, 0.2) is 5.65 Å². The minimum absolute atomic E-state index is 0.0368. The number of fused-ring (bicyclic) bond motifs is 1. The summed E-state index contributed by atoms with van der Waals surface area (Å²) in [6.07, 6.45) is 5.14. The zero-order valence-electron chi connectivity index (χ0n) is 15.0. The molecule has 1 amide bonds. The number of nitrogens with one attached hydrogen (secondary N) is 1. The van der Waals surface area contributed by atoms with Crippen molar-refractivity contribution in [1.29, 1.82) is 0 Å². The number of carbonyl (C=O) groups excluding carboxylic acids is 1. The number of aromatic amines is 1. The van der Waals surface area contributed by atoms with Crippen molar-refractivity contribution in [2.24, 2.45) is 0 Å². The van der Waals surface area contributed by atoms with E-state index in [2.05, 4.69) is 15.2 Å². The molecule has 1 N–H and O–H groups in total. The lowest BCUT2D eigenvalue weighted by molar-refractivity contribution is 0.0711. The summed E-state index contributed by atoms with van der Waals surface area (Å²) >= 11 is 0. The molecular weight excluding hydrogens is 332 g/mol. The van der Waals surface area contributed by atoms with Crippen LogP contribution >= 0.6 is 0 Å². The molecule has 8 nitrogen and oxygen atoms in total. The molecule has 1 aliphatic rings. The highest BCUT2D eigenvalue weighted by molar-refractivity contribution is 5.95. The maximum absolute atomic E-state index is 12.8. The van der Waals surface area contributed by atoms with Gasteiger partial charge in [-0.1, -0.05) is 0 Å². The number of carbonyl (C=O) groups is 1. The number of aryl methyl sites for hydroxylation is 2. The SMILES string of the molecule is CCn1cc(C(=O)N2CCC(c3cc(=O)n4[nH]ccc4n3)CC2)c(C)n1. The van der Waals surface area contributed by atoms with Gasteiger partial charge in [-0.2, -0.15) is 5.10 Å². The summed E-state index contributed by atoms with van der Waals surface area (Å²) in [5.41, 5.74) is 2.79. The second-order valence-corrected chi connectivity index (χ2v) is 6.73. The van der Waals surface area contributed by atoms with Gasteiger partial charge in [0.25, 0.3) is 11.5 Å². The van der Waals surface area contributed by atoms with Gasteiger partial charge in [-0.25, -0.2) is 9.50 Å². The van der Waals surface area contributed by atoms with Crippen LogP contribution in [-0.4, -0.2) is 48.3 Å². The molecule has 4 heterocycles. The predicted octanol–water partition coefficient (Wildman–Crippen LogP) is 1.57. The summed E-state index contributed by atoms with van der Waals surface area (Å²) in [4.78, 5) is 31.4. The van der Waals surface area contributed by atoms with Gasteiger partial charge in [0.1, 0.15) is 0 Å². The molecule has 26 heavy (non-hydrogen) atoms. The van der Waals surface area contributed by atoms with Crippen LogP contribution in [0.2, 0.25) is 0 Å². The molecule has 1 saturated heterocycles. The van der Waals surface area contributed by atoms with E-state index >= 15 is 0 Å². The maximum atomic E-state index is 12.8. The van der Waals surface area contributed by atoms with E-state index in [0.29, 0.717) is 24.3 Å². The number of nitrogens with zero attached hydrogens (tertiary/aromatic N) is 5. The van der Waals surface area contributed by atoms with E-state index in [0.717, 1.165) is 30.8 Å². The number of piperidine rings is 1. The van der Waals surface area contributed by atoms with Gasteiger partial charge >= 0.3 is 0 Å². The normalized spacial score (nSPS) is 15.7. The van der Waals surface area contributed by atoms with Crippen molar-refractivity contribution in [2.75, 3.05) is 13.1 Å². The fourth-order valence-corrected chi connectivity index (χ4v) is 3.59. The maximum Gasteiger partial charge on any atom is 0.272 e. The minimum Gasteiger partial charge on any atom is -0.338 e. The summed E-state index contributed by atoms with van der Waals surface area (Å²) in [7, 11) is 0. The van der Waals surface area contributed by atoms with E-state index in [-0.39, 0.29) is 17.4 Å². The van der Waals surface area contributed by atoms with Gasteiger partial charge < -0.3 is 4.90 Å². The molecule has 136 valence electrons. The Hall–Kier alpha value is -2.90. The third-order valence-corrected chi connectivity index (χ3v) is 5.10. The van der Waals surface area contributed by atoms with Crippen molar-refractivity contribution in [3.63, 3.8) is 0 Å². The molecule has 0 atom stereocenters. The predicted molar refractivity (Wildman–Crippen MR) is 96.3 cm³/mol. The largest absolute Gasteiger partial charge is 0.338 e. The molecule has 4 rings (SSSR count). The standard InChI is InChI=1S/C18H22N6O2/c1-3-23-11-14(12(2)21-23)18(26)22-8-5-13(6-9-22)15-10-17(25)24-16(20-15)4-7-19-24/h4,7,10-11,13,19H,3,5-6,8-9H2,1-2H3. The van der Waals surface area contributed by atoms with Gasteiger partial charge in [0.05, 0.1) is 17.0 Å². The van der Waals surface area contributed by atoms with E-state index in [4.69, 9.17) is 0 Å². The van der Waals surface area contributed by atoms with Crippen LogP contribution in [0.5, 0.6) is 0 Å². The highest BCUT2D eigenvalue weighted by Gasteiger charge is 2.27. The second-order valence-electron chi connectivity index (χ2n) is 6.73. The first-order valence-corrected chi connectivity index (χ1v) is 8.97. The lowest BCUT2D eigenvalue weighted by Gasteiger charge is -2.31. The van der Waals surface area contributed by atoms with Crippen LogP contribution in [0.3, 0.4) is 0 Å². The van der Waals surface area contributed by atoms with Crippen molar-refractivity contribution >= 4 is 11.6 Å². The summed E-state index contributed by atoms with van der Waals surface area (Å²) in [5.74, 6) is 0.237. The molecule has 1 fully saturated rings. The third kappa shape index (κ3) is 2.81. The lowest BCUT2D eigenvalue weighted by atomic mass is 9.93. The van der Waals surface area contributed by atoms with Crippen molar-refractivity contribution in [3.8, 4) is 0 Å². The lowest BCUT2D eigenvalue weighted by Crippen LogP contribution is -2.38. The van der Waals surface area contributed by atoms with Crippen molar-refractivity contribution in [3.05, 3.63) is 51.8 Å². The monoisotopic (exact) mass is 354 g/mol. The van der Waals surface area contributed by atoms with Gasteiger partial charge in [-0.15, -0.1) is 0 Å². The van der Waals surface area contributed by atoms with Gasteiger partial charge in [0.2, 0.25) is 0 Å². The average Bonchev–Trinajstić information content (AvgIpc) is 3.27. The van der Waals surface area contributed by atoms with Gasteiger partial charge in [-0.3, -0.25) is 19.4 Å². The number of hydrogen-bond donors (Lipinski definition) is 1. The molecular formula is C18H22N6O2. The van der Waals surface area contributed by atoms with Crippen LogP contribution < -0.4 is 5.56 Å². The summed E-state index contributed by atoms with van der Waals surface area (Å²) < 4.78 is 3.22. The summed E-state index contributed by atoms with van der Waals surface area (Å²) in [6, 6.07) is 3.39. The number of hydrogen-bond acceptors (Lipinski definition) is 4. The first kappa shape index (κ1) is 16.6. The Bertz CT molecular complexity index is 1010. The highest BCUT2D eigenvalue weighted by Crippen LogP contribution is 2.27. The molecule has 0 radical (unpaired) electrons. The van der Waals surface area contributed by atoms with Crippen LogP contribution in [0.15, 0.2) is 29.3 Å². The Morgan fingerprint density at radius 1 is 1.35 bits per heavy atom. The molecule has 0 spiro atoms. The van der Waals surface area contributed by atoms with Crippen molar-refractivity contribution in [2.45, 2.75) is 39.2 Å². The van der Waals surface area contributed by atoms with E-state index in [1.165, 1.54) is 4.52 Å². The van der Waals surface area contributed by atoms with Crippen LogP contribution in [0.4, 0.5) is 0 Å². The van der Waals surface area contributed by atoms with Crippen LogP contribution in [0.25, 0.3) is 5.65 Å². The molecule has 1 aliphatic heterocycles. The van der Waals surface area contributed by atoms with Gasteiger partial charge in [-0.05, 0) is 26.7 Å². The Morgan fingerprint density at radius 3 is 2.81 bits per heavy atom. The molecule has 3 aromatic rings. The van der Waals surface area contributed by atoms with E-state index in [1.54, 1.807) is 23.0 Å². The van der Waals surface area contributed by atoms with Crippen LogP contribution in [0.1, 0.15) is 47.4 Å². The Kier molecular flexibility index (Phi) is 4.10. The fraction of sp³-hybridized carbons (Fsp3) is 0.444. The molecule has 0 bridgehead atoms. The summed E-state index contributed by atoms with van der Waals surface area (Å²) in [6.45, 7) is 5.95. The molecule has 3 aromatic heterocycles. The molecule has 0 aromatic carbocycles. The summed E-state index contributed by atoms with van der Waals surface area (Å²) in [5, 5.41) is 7.21. The number of likely N-dealkylation sites (tertiary alicyclic amines) is 1. The first-order chi connectivity index (χ1) is 12.6. The topological polar surface area (TPSA) is 88.3 Å². The molecule has 0 aliphatic carbocycles. The average molecular weight is 354 g/mol. The number of aromatic nitrogens is 5. The Morgan fingerprint density at radius 2 is 2.12 bits per heavy atom. The smallest absolute Gasteiger partial charge is 0.272 e. The number of H-pyrrole nitrogens is 1. The van der Waals surface area contributed by atoms with E-state index in [9.17, 15) is 9.59 Å². The zero-order chi connectivity index (χ0) is 18.3. The van der Waals surface area contributed by atoms with Gasteiger partial charge in [0, 0.05) is 50.1 Å². The fourth-order valence-electron chi connectivity index (χ4n) is 3.59. The number of rotatable bonds is 3. The Labute approximate surface area is 150 Å². The van der Waals surface area contributed by atoms with Crippen molar-refractivity contribution < 1.29 is 4.79 Å². The molecule has 8 heteroatoms. The minimum atomic E-state index is -0.101. The number of amides is 1. The third-order valence-electron chi connectivity index (χ3n) is 5.10. The van der Waals surface area contributed by atoms with Crippen molar-refractivity contribution in [1.82, 2.24) is 29.3 Å².